The minimum absolute atomic E-state index is 0.0409. The van der Waals surface area contributed by atoms with E-state index in [9.17, 15) is 14.9 Å². The number of carbonyl (C=O) groups excluding carboxylic acids is 1. The van der Waals surface area contributed by atoms with Gasteiger partial charge in [0.1, 0.15) is 5.69 Å². The third kappa shape index (κ3) is 3.53. The Hall–Kier alpha value is -2.45. The number of aromatic nitrogens is 2. The van der Waals surface area contributed by atoms with Crippen molar-refractivity contribution in [3.8, 4) is 0 Å². The van der Waals surface area contributed by atoms with Crippen LogP contribution in [0, 0.1) is 17.0 Å². The highest BCUT2D eigenvalue weighted by molar-refractivity contribution is 5.77. The van der Waals surface area contributed by atoms with Crippen molar-refractivity contribution in [3.63, 3.8) is 0 Å². The molecule has 2 rings (SSSR count). The van der Waals surface area contributed by atoms with E-state index in [2.05, 4.69) is 20.6 Å². The number of rotatable bonds is 6. The van der Waals surface area contributed by atoms with Crippen LogP contribution in [0.2, 0.25) is 0 Å². The van der Waals surface area contributed by atoms with Crippen LogP contribution in [0.15, 0.2) is 0 Å². The summed E-state index contributed by atoms with van der Waals surface area (Å²) in [6.07, 6.45) is 2.26. The number of nitro groups is 1. The van der Waals surface area contributed by atoms with Gasteiger partial charge in [-0.3, -0.25) is 14.9 Å². The third-order valence-corrected chi connectivity index (χ3v) is 2.85. The largest absolute Gasteiger partial charge is 0.368 e. The summed E-state index contributed by atoms with van der Waals surface area (Å²) >= 11 is 0. The number of nitrogens with one attached hydrogen (secondary N) is 2. The predicted molar refractivity (Wildman–Crippen MR) is 72.1 cm³/mol. The van der Waals surface area contributed by atoms with Gasteiger partial charge in [-0.15, -0.1) is 0 Å². The maximum Gasteiger partial charge on any atom is 0.332 e. The van der Waals surface area contributed by atoms with E-state index in [0.29, 0.717) is 6.04 Å². The van der Waals surface area contributed by atoms with Crippen LogP contribution < -0.4 is 16.4 Å². The quantitative estimate of drug-likeness (QED) is 0.505. The zero-order valence-corrected chi connectivity index (χ0v) is 11.0. The Morgan fingerprint density at radius 1 is 1.50 bits per heavy atom. The van der Waals surface area contributed by atoms with Gasteiger partial charge in [-0.1, -0.05) is 0 Å². The molecule has 1 saturated carbocycles. The maximum absolute atomic E-state index is 11.5. The van der Waals surface area contributed by atoms with Crippen LogP contribution >= 0.6 is 0 Å². The van der Waals surface area contributed by atoms with Crippen LogP contribution in [0.4, 0.5) is 17.5 Å². The van der Waals surface area contributed by atoms with E-state index in [4.69, 9.17) is 5.73 Å². The zero-order chi connectivity index (χ0) is 14.7. The van der Waals surface area contributed by atoms with Crippen LogP contribution in [0.3, 0.4) is 0 Å². The van der Waals surface area contributed by atoms with E-state index in [0.717, 1.165) is 12.8 Å². The zero-order valence-electron chi connectivity index (χ0n) is 11.0. The van der Waals surface area contributed by atoms with Crippen molar-refractivity contribution >= 4 is 23.4 Å². The van der Waals surface area contributed by atoms with E-state index in [1.165, 1.54) is 6.92 Å². The van der Waals surface area contributed by atoms with E-state index in [1.54, 1.807) is 0 Å². The fourth-order valence-electron chi connectivity index (χ4n) is 1.75. The lowest BCUT2D eigenvalue weighted by molar-refractivity contribution is -0.385. The first-order valence-electron chi connectivity index (χ1n) is 6.29. The van der Waals surface area contributed by atoms with E-state index < -0.39 is 4.92 Å². The molecule has 1 amide bonds. The summed E-state index contributed by atoms with van der Waals surface area (Å²) in [5.74, 6) is -0.0846. The minimum atomic E-state index is -0.568. The molecule has 0 aliphatic heterocycles. The first-order valence-corrected chi connectivity index (χ1v) is 6.29. The van der Waals surface area contributed by atoms with Crippen LogP contribution in [-0.4, -0.2) is 33.4 Å². The van der Waals surface area contributed by atoms with Crippen molar-refractivity contribution in [3.05, 3.63) is 15.8 Å². The Balaban J connectivity index is 1.97. The predicted octanol–water partition coefficient (Wildman–Crippen LogP) is 0.356. The fraction of sp³-hybridized carbons (Fsp3) is 0.545. The van der Waals surface area contributed by atoms with Crippen LogP contribution in [0.1, 0.15) is 25.0 Å². The topological polar surface area (TPSA) is 136 Å². The molecule has 20 heavy (non-hydrogen) atoms. The molecule has 108 valence electrons. The van der Waals surface area contributed by atoms with Gasteiger partial charge in [0.25, 0.3) is 0 Å². The Bertz CT molecular complexity index is 543. The molecule has 1 aliphatic carbocycles. The summed E-state index contributed by atoms with van der Waals surface area (Å²) in [5.41, 5.74) is 5.44. The van der Waals surface area contributed by atoms with Crippen molar-refractivity contribution in [2.45, 2.75) is 32.2 Å². The summed E-state index contributed by atoms with van der Waals surface area (Å²) in [7, 11) is 0. The number of nitrogens with zero attached hydrogens (tertiary/aromatic N) is 3. The summed E-state index contributed by atoms with van der Waals surface area (Å²) in [4.78, 5) is 29.5. The molecule has 0 radical (unpaired) electrons. The average Bonchev–Trinajstić information content (AvgIpc) is 3.11. The van der Waals surface area contributed by atoms with Crippen molar-refractivity contribution in [2.24, 2.45) is 0 Å². The summed E-state index contributed by atoms with van der Waals surface area (Å²) in [6.45, 7) is 1.73. The standard InChI is InChI=1S/C11H16N6O3/c1-6-9(17(19)20)10(16-11(12)14-6)13-5-4-8(18)15-7-2-3-7/h7H,2-5H2,1H3,(H,15,18)(H3,12,13,14,16). The van der Waals surface area contributed by atoms with Gasteiger partial charge in [0.15, 0.2) is 0 Å². The number of nitrogens with two attached hydrogens (primary N) is 1. The van der Waals surface area contributed by atoms with E-state index >= 15 is 0 Å². The Labute approximate surface area is 115 Å². The SMILES string of the molecule is Cc1nc(N)nc(NCCC(=O)NC2CC2)c1[N+](=O)[O-]. The monoisotopic (exact) mass is 280 g/mol. The number of hydrogen-bond acceptors (Lipinski definition) is 7. The Morgan fingerprint density at radius 3 is 2.80 bits per heavy atom. The first kappa shape index (κ1) is 14.0. The molecule has 1 aromatic heterocycles. The molecule has 1 aromatic rings. The average molecular weight is 280 g/mol. The molecular formula is C11H16N6O3. The molecule has 0 spiro atoms. The van der Waals surface area contributed by atoms with Crippen LogP contribution in [-0.2, 0) is 4.79 Å². The molecule has 0 unspecified atom stereocenters. The molecule has 0 bridgehead atoms. The third-order valence-electron chi connectivity index (χ3n) is 2.85. The lowest BCUT2D eigenvalue weighted by Crippen LogP contribution is -2.27. The molecular weight excluding hydrogens is 264 g/mol. The highest BCUT2D eigenvalue weighted by Gasteiger charge is 2.24. The van der Waals surface area contributed by atoms with Crippen molar-refractivity contribution in [1.82, 2.24) is 15.3 Å². The number of anilines is 2. The number of amides is 1. The second-order valence-corrected chi connectivity index (χ2v) is 4.64. The van der Waals surface area contributed by atoms with Gasteiger partial charge in [0.05, 0.1) is 4.92 Å². The molecule has 1 aliphatic rings. The van der Waals surface area contributed by atoms with Gasteiger partial charge in [0, 0.05) is 19.0 Å². The van der Waals surface area contributed by atoms with Crippen molar-refractivity contribution in [1.29, 1.82) is 0 Å². The summed E-state index contributed by atoms with van der Waals surface area (Å²) in [6, 6.07) is 0.300. The molecule has 9 heteroatoms. The van der Waals surface area contributed by atoms with Gasteiger partial charge >= 0.3 is 5.69 Å². The Kier molecular flexibility index (Phi) is 3.97. The van der Waals surface area contributed by atoms with Gasteiger partial charge in [-0.25, -0.2) is 4.98 Å². The van der Waals surface area contributed by atoms with Crippen LogP contribution in [0.25, 0.3) is 0 Å². The molecule has 4 N–H and O–H groups in total. The molecule has 9 nitrogen and oxygen atoms in total. The minimum Gasteiger partial charge on any atom is -0.368 e. The number of carbonyl (C=O) groups is 1. The molecule has 0 aromatic carbocycles. The maximum atomic E-state index is 11.5. The number of aryl methyl sites for hydroxylation is 1. The Morgan fingerprint density at radius 2 is 2.20 bits per heavy atom. The first-order chi connectivity index (χ1) is 9.47. The van der Waals surface area contributed by atoms with Crippen molar-refractivity contribution < 1.29 is 9.72 Å². The van der Waals surface area contributed by atoms with E-state index in [1.807, 2.05) is 0 Å². The second-order valence-electron chi connectivity index (χ2n) is 4.64. The lowest BCUT2D eigenvalue weighted by Gasteiger charge is -2.08. The number of nitrogen functional groups attached to an aromatic ring is 1. The van der Waals surface area contributed by atoms with Gasteiger partial charge in [-0.2, -0.15) is 4.98 Å². The summed E-state index contributed by atoms with van der Waals surface area (Å²) in [5, 5.41) is 16.6. The molecule has 1 fully saturated rings. The second kappa shape index (κ2) is 5.68. The molecule has 1 heterocycles. The highest BCUT2D eigenvalue weighted by Crippen LogP contribution is 2.25. The van der Waals surface area contributed by atoms with Gasteiger partial charge in [0.2, 0.25) is 17.7 Å². The molecule has 0 saturated heterocycles. The lowest BCUT2D eigenvalue weighted by atomic mass is 10.3. The normalized spacial score (nSPS) is 13.8. The van der Waals surface area contributed by atoms with E-state index in [-0.39, 0.29) is 42.0 Å². The van der Waals surface area contributed by atoms with Crippen molar-refractivity contribution in [2.75, 3.05) is 17.6 Å². The fourth-order valence-corrected chi connectivity index (χ4v) is 1.75. The molecule has 0 atom stereocenters. The van der Waals surface area contributed by atoms with Gasteiger partial charge < -0.3 is 16.4 Å². The summed E-state index contributed by atoms with van der Waals surface area (Å²) < 4.78 is 0. The van der Waals surface area contributed by atoms with Gasteiger partial charge in [-0.05, 0) is 19.8 Å². The van der Waals surface area contributed by atoms with Crippen LogP contribution in [0.5, 0.6) is 0 Å². The highest BCUT2D eigenvalue weighted by atomic mass is 16.6. The smallest absolute Gasteiger partial charge is 0.332 e. The number of hydrogen-bond donors (Lipinski definition) is 3.